The highest BCUT2D eigenvalue weighted by atomic mass is 16.5. The first-order valence-electron chi connectivity index (χ1n) is 7.89. The topological polar surface area (TPSA) is 74.8 Å². The maximum atomic E-state index is 12.0. The fraction of sp³-hybridized carbons (Fsp3) is 0.562. The molecular weight excluding hydrogens is 296 g/mol. The number of morpholine rings is 1. The van der Waals surface area contributed by atoms with Gasteiger partial charge in [-0.2, -0.15) is 0 Å². The van der Waals surface area contributed by atoms with E-state index >= 15 is 0 Å². The van der Waals surface area contributed by atoms with Crippen molar-refractivity contribution in [2.24, 2.45) is 0 Å². The molecule has 0 bridgehead atoms. The minimum atomic E-state index is -0.546. The zero-order valence-corrected chi connectivity index (χ0v) is 13.5. The number of ether oxygens (including phenoxy) is 1. The van der Waals surface area contributed by atoms with Gasteiger partial charge < -0.3 is 15.0 Å². The van der Waals surface area contributed by atoms with Crippen molar-refractivity contribution >= 4 is 11.8 Å². The summed E-state index contributed by atoms with van der Waals surface area (Å²) in [4.78, 5) is 31.5. The third kappa shape index (κ3) is 5.96. The van der Waals surface area contributed by atoms with Crippen LogP contribution in [-0.2, 0) is 20.7 Å². The number of hydrogen-bond acceptors (Lipinski definition) is 5. The van der Waals surface area contributed by atoms with Crippen LogP contribution in [-0.4, -0.2) is 79.6 Å². The normalized spacial score (nSPS) is 15.2. The van der Waals surface area contributed by atoms with Crippen LogP contribution < -0.4 is 5.32 Å². The van der Waals surface area contributed by atoms with Crippen molar-refractivity contribution in [2.45, 2.75) is 6.42 Å². The highest BCUT2D eigenvalue weighted by Gasteiger charge is 2.18. The molecule has 0 unspecified atom stereocenters. The molecule has 7 heteroatoms. The van der Waals surface area contributed by atoms with Crippen LogP contribution in [0.5, 0.6) is 0 Å². The van der Waals surface area contributed by atoms with Gasteiger partial charge in [-0.3, -0.25) is 19.5 Å². The van der Waals surface area contributed by atoms with Gasteiger partial charge in [-0.25, -0.2) is 0 Å². The summed E-state index contributed by atoms with van der Waals surface area (Å²) in [6, 6.07) is 3.81. The number of rotatable bonds is 6. The molecule has 2 rings (SSSR count). The average Bonchev–Trinajstić information content (AvgIpc) is 2.60. The molecular formula is C16H24N4O3. The number of pyridine rings is 1. The molecule has 7 nitrogen and oxygen atoms in total. The first-order chi connectivity index (χ1) is 11.2. The van der Waals surface area contributed by atoms with Crippen LogP contribution in [0.4, 0.5) is 0 Å². The summed E-state index contributed by atoms with van der Waals surface area (Å²) < 4.78 is 5.27. The lowest BCUT2D eigenvalue weighted by molar-refractivity contribution is -0.145. The third-order valence-electron chi connectivity index (χ3n) is 3.84. The van der Waals surface area contributed by atoms with E-state index in [1.807, 2.05) is 12.1 Å². The van der Waals surface area contributed by atoms with Gasteiger partial charge in [-0.1, -0.05) is 0 Å². The summed E-state index contributed by atoms with van der Waals surface area (Å²) in [6.45, 7) is 4.91. The number of hydrogen-bond donors (Lipinski definition) is 1. The van der Waals surface area contributed by atoms with Gasteiger partial charge in [0.1, 0.15) is 0 Å². The molecule has 0 saturated carbocycles. The third-order valence-corrected chi connectivity index (χ3v) is 3.84. The highest BCUT2D eigenvalue weighted by molar-refractivity contribution is 6.34. The molecule has 0 spiro atoms. The van der Waals surface area contributed by atoms with E-state index in [2.05, 4.69) is 15.2 Å². The van der Waals surface area contributed by atoms with Gasteiger partial charge in [-0.05, 0) is 24.1 Å². The molecule has 0 radical (unpaired) electrons. The lowest BCUT2D eigenvalue weighted by Gasteiger charge is -2.26. The molecule has 1 aromatic rings. The minimum absolute atomic E-state index is 0.475. The number of likely N-dealkylation sites (N-methyl/N-ethyl adjacent to an activating group) is 1. The van der Waals surface area contributed by atoms with Gasteiger partial charge >= 0.3 is 11.8 Å². The van der Waals surface area contributed by atoms with Crippen LogP contribution in [0.15, 0.2) is 24.5 Å². The van der Waals surface area contributed by atoms with E-state index in [1.165, 1.54) is 4.90 Å². The van der Waals surface area contributed by atoms with Gasteiger partial charge in [0.25, 0.3) is 0 Å². The van der Waals surface area contributed by atoms with Crippen LogP contribution in [0.25, 0.3) is 0 Å². The van der Waals surface area contributed by atoms with Gasteiger partial charge in [0.05, 0.1) is 13.2 Å². The van der Waals surface area contributed by atoms with Crippen LogP contribution in [0, 0.1) is 0 Å². The van der Waals surface area contributed by atoms with Gasteiger partial charge in [0.2, 0.25) is 0 Å². The number of amides is 2. The molecule has 2 amide bonds. The summed E-state index contributed by atoms with van der Waals surface area (Å²) in [7, 11) is 1.64. The second-order valence-corrected chi connectivity index (χ2v) is 5.54. The average molecular weight is 320 g/mol. The number of carbonyl (C=O) groups is 2. The lowest BCUT2D eigenvalue weighted by Crippen LogP contribution is -2.45. The predicted octanol–water partition coefficient (Wildman–Crippen LogP) is -0.469. The monoisotopic (exact) mass is 320 g/mol. The van der Waals surface area contributed by atoms with E-state index in [0.29, 0.717) is 19.5 Å². The molecule has 0 aliphatic carbocycles. The van der Waals surface area contributed by atoms with E-state index < -0.39 is 11.8 Å². The Balaban J connectivity index is 1.65. The molecule has 1 N–H and O–H groups in total. The van der Waals surface area contributed by atoms with E-state index in [4.69, 9.17) is 4.74 Å². The van der Waals surface area contributed by atoms with Crippen LogP contribution in [0.3, 0.4) is 0 Å². The maximum Gasteiger partial charge on any atom is 0.311 e. The first kappa shape index (κ1) is 17.4. The zero-order valence-electron chi connectivity index (χ0n) is 13.5. The van der Waals surface area contributed by atoms with Crippen molar-refractivity contribution in [1.82, 2.24) is 20.1 Å². The Labute approximate surface area is 136 Å². The number of nitrogens with one attached hydrogen (secondary N) is 1. The Bertz CT molecular complexity index is 503. The van der Waals surface area contributed by atoms with Crippen LogP contribution >= 0.6 is 0 Å². The summed E-state index contributed by atoms with van der Waals surface area (Å²) in [5.41, 5.74) is 1.09. The number of nitrogens with zero attached hydrogens (tertiary/aromatic N) is 3. The molecule has 23 heavy (non-hydrogen) atoms. The Kier molecular flexibility index (Phi) is 6.96. The van der Waals surface area contributed by atoms with Gasteiger partial charge in [0, 0.05) is 52.2 Å². The SMILES string of the molecule is CN(CCc1ccncc1)C(=O)C(=O)NCCN1CCOCC1. The predicted molar refractivity (Wildman–Crippen MR) is 85.8 cm³/mol. The molecule has 1 saturated heterocycles. The van der Waals surface area contributed by atoms with Crippen molar-refractivity contribution in [1.29, 1.82) is 0 Å². The molecule has 1 aliphatic rings. The summed E-state index contributed by atoms with van der Waals surface area (Å²) in [6.07, 6.45) is 4.14. The Morgan fingerprint density at radius 3 is 2.70 bits per heavy atom. The molecule has 126 valence electrons. The van der Waals surface area contributed by atoms with Crippen molar-refractivity contribution < 1.29 is 14.3 Å². The summed E-state index contributed by atoms with van der Waals surface area (Å²) in [5, 5.41) is 2.69. The number of carbonyl (C=O) groups excluding carboxylic acids is 2. The second kappa shape index (κ2) is 9.22. The molecule has 1 aromatic heterocycles. The quantitative estimate of drug-likeness (QED) is 0.718. The van der Waals surface area contributed by atoms with E-state index in [-0.39, 0.29) is 0 Å². The van der Waals surface area contributed by atoms with Crippen molar-refractivity contribution in [3.05, 3.63) is 30.1 Å². The largest absolute Gasteiger partial charge is 0.379 e. The summed E-state index contributed by atoms with van der Waals surface area (Å²) >= 11 is 0. The Morgan fingerprint density at radius 2 is 2.00 bits per heavy atom. The van der Waals surface area contributed by atoms with Crippen LogP contribution in [0.1, 0.15) is 5.56 Å². The fourth-order valence-electron chi connectivity index (χ4n) is 2.35. The van der Waals surface area contributed by atoms with Crippen molar-refractivity contribution in [2.75, 3.05) is 53.0 Å². The maximum absolute atomic E-state index is 12.0. The standard InChI is InChI=1S/C16H24N4O3/c1-19(8-4-14-2-5-17-6-3-14)16(22)15(21)18-7-9-20-10-12-23-13-11-20/h2-3,5-6H,4,7-13H2,1H3,(H,18,21). The van der Waals surface area contributed by atoms with Crippen LogP contribution in [0.2, 0.25) is 0 Å². The van der Waals surface area contributed by atoms with Crippen molar-refractivity contribution in [3.63, 3.8) is 0 Å². The first-order valence-corrected chi connectivity index (χ1v) is 7.89. The van der Waals surface area contributed by atoms with E-state index in [9.17, 15) is 9.59 Å². The number of aromatic nitrogens is 1. The zero-order chi connectivity index (χ0) is 16.5. The molecule has 1 aliphatic heterocycles. The van der Waals surface area contributed by atoms with Crippen molar-refractivity contribution in [3.8, 4) is 0 Å². The fourth-order valence-corrected chi connectivity index (χ4v) is 2.35. The second-order valence-electron chi connectivity index (χ2n) is 5.54. The molecule has 0 aromatic carbocycles. The smallest absolute Gasteiger partial charge is 0.311 e. The molecule has 1 fully saturated rings. The molecule has 0 atom stereocenters. The van der Waals surface area contributed by atoms with Gasteiger partial charge in [-0.15, -0.1) is 0 Å². The van der Waals surface area contributed by atoms with Gasteiger partial charge in [0.15, 0.2) is 0 Å². The van der Waals surface area contributed by atoms with E-state index in [0.717, 1.165) is 38.4 Å². The minimum Gasteiger partial charge on any atom is -0.379 e. The Hall–Kier alpha value is -1.99. The van der Waals surface area contributed by atoms with E-state index in [1.54, 1.807) is 19.4 Å². The highest BCUT2D eigenvalue weighted by Crippen LogP contribution is 1.99. The Morgan fingerprint density at radius 1 is 1.30 bits per heavy atom. The lowest BCUT2D eigenvalue weighted by atomic mass is 10.2. The summed E-state index contributed by atoms with van der Waals surface area (Å²) in [5.74, 6) is -1.04. The molecule has 2 heterocycles.